The van der Waals surface area contributed by atoms with Gasteiger partial charge in [0.2, 0.25) is 0 Å². The van der Waals surface area contributed by atoms with E-state index in [1.165, 1.54) is 0 Å². The molecule has 37 heavy (non-hydrogen) atoms. The van der Waals surface area contributed by atoms with Crippen molar-refractivity contribution < 1.29 is 28.9 Å². The number of benzene rings is 2. The summed E-state index contributed by atoms with van der Waals surface area (Å²) in [6.45, 7) is 10.1. The Bertz CT molecular complexity index is 1170. The monoisotopic (exact) mass is 506 g/mol. The molecule has 4 rings (SSSR count). The number of methoxy groups -OCH3 is 1. The van der Waals surface area contributed by atoms with Gasteiger partial charge in [0.1, 0.15) is 23.9 Å². The summed E-state index contributed by atoms with van der Waals surface area (Å²) in [5.74, 6) is -0.185. The van der Waals surface area contributed by atoms with Gasteiger partial charge in [-0.2, -0.15) is 0 Å². The SMILES string of the molecule is C=CCOc1ccc(/C(O)=C2\C(=O)C(=O)N(CCCN3CCOCC3)C2c2ccc(OC)cc2)c(C)c1. The standard InChI is InChI=1S/C29H34N2O6/c1-4-16-37-23-10-11-24(20(2)19-23)27(32)25-26(21-6-8-22(35-3)9-7-21)31(29(34)28(25)33)13-5-12-30-14-17-36-18-15-30/h4,6-11,19,26,32H,1,5,12-18H2,2-3H3/b27-25+. The third-order valence-corrected chi connectivity index (χ3v) is 6.77. The highest BCUT2D eigenvalue weighted by atomic mass is 16.5. The normalized spacial score (nSPS) is 19.7. The van der Waals surface area contributed by atoms with E-state index in [2.05, 4.69) is 11.5 Å². The molecule has 2 aromatic carbocycles. The highest BCUT2D eigenvalue weighted by molar-refractivity contribution is 6.46. The second kappa shape index (κ2) is 12.1. The lowest BCUT2D eigenvalue weighted by molar-refractivity contribution is -0.140. The second-order valence-corrected chi connectivity index (χ2v) is 9.15. The molecule has 0 aromatic heterocycles. The Hall–Kier alpha value is -3.62. The Kier molecular flexibility index (Phi) is 8.63. The van der Waals surface area contributed by atoms with Gasteiger partial charge < -0.3 is 24.2 Å². The molecule has 2 fully saturated rings. The average molecular weight is 507 g/mol. The molecule has 0 bridgehead atoms. The van der Waals surface area contributed by atoms with Gasteiger partial charge in [-0.15, -0.1) is 0 Å². The number of amides is 1. The zero-order chi connectivity index (χ0) is 26.4. The molecule has 8 heteroatoms. The number of carbonyl (C=O) groups is 2. The molecular weight excluding hydrogens is 472 g/mol. The van der Waals surface area contributed by atoms with Crippen LogP contribution in [0.4, 0.5) is 0 Å². The zero-order valence-electron chi connectivity index (χ0n) is 21.4. The summed E-state index contributed by atoms with van der Waals surface area (Å²) in [7, 11) is 1.58. The quantitative estimate of drug-likeness (QED) is 0.227. The first-order chi connectivity index (χ1) is 17.9. The van der Waals surface area contributed by atoms with Crippen molar-refractivity contribution in [3.05, 3.63) is 77.4 Å². The molecule has 8 nitrogen and oxygen atoms in total. The average Bonchev–Trinajstić information content (AvgIpc) is 3.17. The molecule has 2 aromatic rings. The summed E-state index contributed by atoms with van der Waals surface area (Å²) >= 11 is 0. The van der Waals surface area contributed by atoms with Crippen molar-refractivity contribution in [3.63, 3.8) is 0 Å². The lowest BCUT2D eigenvalue weighted by Crippen LogP contribution is -2.38. The summed E-state index contributed by atoms with van der Waals surface area (Å²) < 4.78 is 16.3. The number of rotatable bonds is 10. The number of nitrogens with zero attached hydrogens (tertiary/aromatic N) is 2. The number of aryl methyl sites for hydroxylation is 1. The molecule has 2 heterocycles. The summed E-state index contributed by atoms with van der Waals surface area (Å²) in [6.07, 6.45) is 2.35. The van der Waals surface area contributed by atoms with Crippen LogP contribution in [-0.2, 0) is 14.3 Å². The smallest absolute Gasteiger partial charge is 0.295 e. The fourth-order valence-corrected chi connectivity index (χ4v) is 4.82. The van der Waals surface area contributed by atoms with Crippen LogP contribution in [0.1, 0.15) is 29.2 Å². The van der Waals surface area contributed by atoms with Gasteiger partial charge in [0.15, 0.2) is 0 Å². The molecule has 0 spiro atoms. The van der Waals surface area contributed by atoms with Crippen molar-refractivity contribution in [2.24, 2.45) is 0 Å². The third kappa shape index (κ3) is 5.87. The Morgan fingerprint density at radius 1 is 1.11 bits per heavy atom. The molecular formula is C29H34N2O6. The fourth-order valence-electron chi connectivity index (χ4n) is 4.82. The Morgan fingerprint density at radius 2 is 1.81 bits per heavy atom. The molecule has 196 valence electrons. The Balaban J connectivity index is 1.68. The first-order valence-electron chi connectivity index (χ1n) is 12.5. The van der Waals surface area contributed by atoms with Gasteiger partial charge in [-0.1, -0.05) is 24.8 Å². The Labute approximate surface area is 217 Å². The summed E-state index contributed by atoms with van der Waals surface area (Å²) in [4.78, 5) is 30.4. The van der Waals surface area contributed by atoms with Crippen molar-refractivity contribution in [3.8, 4) is 11.5 Å². The molecule has 2 saturated heterocycles. The minimum absolute atomic E-state index is 0.0874. The van der Waals surface area contributed by atoms with Crippen LogP contribution < -0.4 is 9.47 Å². The summed E-state index contributed by atoms with van der Waals surface area (Å²) in [5, 5.41) is 11.4. The number of likely N-dealkylation sites (tertiary alicyclic amines) is 1. The minimum atomic E-state index is -0.702. The summed E-state index contributed by atoms with van der Waals surface area (Å²) in [6, 6.07) is 11.8. The molecule has 1 amide bonds. The van der Waals surface area contributed by atoms with Crippen molar-refractivity contribution in [2.45, 2.75) is 19.4 Å². The molecule has 1 atom stereocenters. The van der Waals surface area contributed by atoms with E-state index in [1.54, 1.807) is 48.4 Å². The van der Waals surface area contributed by atoms with Crippen molar-refractivity contribution in [1.29, 1.82) is 0 Å². The molecule has 0 saturated carbocycles. The number of aliphatic hydroxyl groups is 1. The first kappa shape index (κ1) is 26.4. The van der Waals surface area contributed by atoms with E-state index in [1.807, 2.05) is 19.1 Å². The highest BCUT2D eigenvalue weighted by Crippen LogP contribution is 2.40. The maximum absolute atomic E-state index is 13.3. The van der Waals surface area contributed by atoms with Gasteiger partial charge in [0.05, 0.1) is 31.9 Å². The van der Waals surface area contributed by atoms with Crippen LogP contribution in [-0.4, -0.2) is 79.7 Å². The minimum Gasteiger partial charge on any atom is -0.507 e. The predicted molar refractivity (Wildman–Crippen MR) is 141 cm³/mol. The maximum atomic E-state index is 13.3. The number of ether oxygens (including phenoxy) is 3. The van der Waals surface area contributed by atoms with Crippen LogP contribution in [0.5, 0.6) is 11.5 Å². The van der Waals surface area contributed by atoms with Crippen LogP contribution in [0, 0.1) is 6.92 Å². The van der Waals surface area contributed by atoms with Crippen LogP contribution in [0.25, 0.3) is 5.76 Å². The number of hydrogen-bond acceptors (Lipinski definition) is 7. The molecule has 1 unspecified atom stereocenters. The maximum Gasteiger partial charge on any atom is 0.295 e. The fraction of sp³-hybridized carbons (Fsp3) is 0.379. The molecule has 0 aliphatic carbocycles. The molecule has 0 radical (unpaired) electrons. The third-order valence-electron chi connectivity index (χ3n) is 6.77. The second-order valence-electron chi connectivity index (χ2n) is 9.15. The van der Waals surface area contributed by atoms with Crippen molar-refractivity contribution in [1.82, 2.24) is 9.80 Å². The molecule has 2 aliphatic heterocycles. The van der Waals surface area contributed by atoms with E-state index in [0.29, 0.717) is 49.8 Å². The number of Topliss-reactive ketones (excluding diaryl/α,β-unsaturated/α-hetero) is 1. The number of aliphatic hydroxyl groups excluding tert-OH is 1. The van der Waals surface area contributed by atoms with Gasteiger partial charge >= 0.3 is 0 Å². The van der Waals surface area contributed by atoms with Crippen LogP contribution in [0.15, 0.2) is 60.7 Å². The van der Waals surface area contributed by atoms with Crippen molar-refractivity contribution in [2.75, 3.05) is 53.1 Å². The number of hydrogen-bond donors (Lipinski definition) is 1. The van der Waals surface area contributed by atoms with Crippen LogP contribution in [0.2, 0.25) is 0 Å². The van der Waals surface area contributed by atoms with E-state index < -0.39 is 17.7 Å². The van der Waals surface area contributed by atoms with Crippen LogP contribution >= 0.6 is 0 Å². The lowest BCUT2D eigenvalue weighted by Gasteiger charge is -2.29. The highest BCUT2D eigenvalue weighted by Gasteiger charge is 2.46. The van der Waals surface area contributed by atoms with Gasteiger partial charge in [-0.25, -0.2) is 0 Å². The summed E-state index contributed by atoms with van der Waals surface area (Å²) in [5.41, 5.74) is 2.03. The van der Waals surface area contributed by atoms with E-state index in [9.17, 15) is 14.7 Å². The molecule has 2 aliphatic rings. The van der Waals surface area contributed by atoms with Gasteiger partial charge in [0, 0.05) is 31.7 Å². The largest absolute Gasteiger partial charge is 0.507 e. The number of carbonyl (C=O) groups excluding carboxylic acids is 2. The van der Waals surface area contributed by atoms with E-state index in [-0.39, 0.29) is 11.3 Å². The van der Waals surface area contributed by atoms with Crippen molar-refractivity contribution >= 4 is 17.4 Å². The Morgan fingerprint density at radius 3 is 2.46 bits per heavy atom. The van der Waals surface area contributed by atoms with E-state index in [4.69, 9.17) is 14.2 Å². The first-order valence-corrected chi connectivity index (χ1v) is 12.5. The van der Waals surface area contributed by atoms with E-state index >= 15 is 0 Å². The number of ketones is 1. The van der Waals surface area contributed by atoms with Gasteiger partial charge in [0.25, 0.3) is 11.7 Å². The van der Waals surface area contributed by atoms with Gasteiger partial charge in [-0.05, 0) is 54.8 Å². The topological polar surface area (TPSA) is 88.5 Å². The van der Waals surface area contributed by atoms with Crippen LogP contribution in [0.3, 0.4) is 0 Å². The molecule has 1 N–H and O–H groups in total. The van der Waals surface area contributed by atoms with Gasteiger partial charge in [-0.3, -0.25) is 14.5 Å². The predicted octanol–water partition coefficient (Wildman–Crippen LogP) is 3.71. The van der Waals surface area contributed by atoms with E-state index in [0.717, 1.165) is 30.8 Å². The number of morpholine rings is 1. The zero-order valence-corrected chi connectivity index (χ0v) is 21.4. The lowest BCUT2D eigenvalue weighted by atomic mass is 9.93.